The van der Waals surface area contributed by atoms with E-state index in [2.05, 4.69) is 9.98 Å². The van der Waals surface area contributed by atoms with Crippen molar-refractivity contribution >= 4 is 22.8 Å². The number of aromatic amines is 1. The Morgan fingerprint density at radius 3 is 2.71 bits per heavy atom. The van der Waals surface area contributed by atoms with Gasteiger partial charge in [0, 0.05) is 34.9 Å². The van der Waals surface area contributed by atoms with Crippen molar-refractivity contribution in [3.05, 3.63) is 54.2 Å². The van der Waals surface area contributed by atoms with E-state index >= 15 is 0 Å². The molecule has 106 valence electrons. The molecule has 0 aliphatic heterocycles. The Hall–Kier alpha value is -2.75. The Balaban J connectivity index is 1.96. The number of fused-ring (bicyclic) bond motifs is 1. The maximum Gasteiger partial charge on any atom is 0.131 e. The van der Waals surface area contributed by atoms with Gasteiger partial charge in [0.2, 0.25) is 0 Å². The maximum absolute atomic E-state index is 5.37. The summed E-state index contributed by atoms with van der Waals surface area (Å²) in [7, 11) is 3.27. The topological polar surface area (TPSA) is 46.6 Å². The summed E-state index contributed by atoms with van der Waals surface area (Å²) < 4.78 is 10.6. The third-order valence-electron chi connectivity index (χ3n) is 3.35. The highest BCUT2D eigenvalue weighted by molar-refractivity contribution is 5.94. The highest BCUT2D eigenvalue weighted by atomic mass is 16.5. The van der Waals surface area contributed by atoms with Gasteiger partial charge in [0.1, 0.15) is 11.5 Å². The number of nitrogens with one attached hydrogen (secondary N) is 1. The molecule has 0 aliphatic carbocycles. The second-order valence-electron chi connectivity index (χ2n) is 4.59. The minimum absolute atomic E-state index is 0.734. The van der Waals surface area contributed by atoms with E-state index in [0.717, 1.165) is 33.7 Å². The van der Waals surface area contributed by atoms with Crippen LogP contribution in [0.4, 0.5) is 5.69 Å². The molecule has 21 heavy (non-hydrogen) atoms. The zero-order chi connectivity index (χ0) is 14.7. The summed E-state index contributed by atoms with van der Waals surface area (Å²) in [6.45, 7) is 0. The average Bonchev–Trinajstić information content (AvgIpc) is 2.96. The van der Waals surface area contributed by atoms with Crippen LogP contribution in [0.3, 0.4) is 0 Å². The minimum atomic E-state index is 0.734. The first-order valence-electron chi connectivity index (χ1n) is 6.64. The molecule has 0 fully saturated rings. The molecule has 0 aliphatic rings. The van der Waals surface area contributed by atoms with Gasteiger partial charge in [0.15, 0.2) is 0 Å². The van der Waals surface area contributed by atoms with E-state index in [1.165, 1.54) is 0 Å². The minimum Gasteiger partial charge on any atom is -0.497 e. The van der Waals surface area contributed by atoms with E-state index < -0.39 is 0 Å². The van der Waals surface area contributed by atoms with Crippen molar-refractivity contribution in [1.29, 1.82) is 0 Å². The molecule has 1 heterocycles. The van der Waals surface area contributed by atoms with Gasteiger partial charge in [0.05, 0.1) is 19.9 Å². The van der Waals surface area contributed by atoms with Gasteiger partial charge in [-0.05, 0) is 18.2 Å². The molecule has 3 aromatic rings. The zero-order valence-corrected chi connectivity index (χ0v) is 12.0. The summed E-state index contributed by atoms with van der Waals surface area (Å²) >= 11 is 0. The number of H-pyrrole nitrogens is 1. The lowest BCUT2D eigenvalue weighted by Gasteiger charge is -2.06. The Morgan fingerprint density at radius 2 is 1.90 bits per heavy atom. The van der Waals surface area contributed by atoms with Crippen LogP contribution in [0.25, 0.3) is 10.9 Å². The molecule has 0 amide bonds. The van der Waals surface area contributed by atoms with Crippen LogP contribution in [0.1, 0.15) is 5.56 Å². The number of ether oxygens (including phenoxy) is 2. The van der Waals surface area contributed by atoms with Crippen LogP contribution in [0.5, 0.6) is 11.5 Å². The van der Waals surface area contributed by atoms with Crippen molar-refractivity contribution < 1.29 is 9.47 Å². The SMILES string of the molecule is COc1ccc(C=Nc2c[nH]c3ccccc23)c(OC)c1. The maximum atomic E-state index is 5.37. The lowest BCUT2D eigenvalue weighted by atomic mass is 10.2. The van der Waals surface area contributed by atoms with Crippen molar-refractivity contribution in [2.24, 2.45) is 4.99 Å². The molecule has 3 rings (SSSR count). The number of rotatable bonds is 4. The Kier molecular flexibility index (Phi) is 3.60. The molecule has 0 radical (unpaired) electrons. The molecule has 2 aromatic carbocycles. The van der Waals surface area contributed by atoms with Gasteiger partial charge in [-0.25, -0.2) is 0 Å². The van der Waals surface area contributed by atoms with Crippen molar-refractivity contribution in [2.75, 3.05) is 14.2 Å². The van der Waals surface area contributed by atoms with Gasteiger partial charge in [-0.2, -0.15) is 0 Å². The van der Waals surface area contributed by atoms with Gasteiger partial charge in [-0.1, -0.05) is 18.2 Å². The number of aliphatic imine (C=N–C) groups is 1. The van der Waals surface area contributed by atoms with Gasteiger partial charge < -0.3 is 14.5 Å². The van der Waals surface area contributed by atoms with Crippen molar-refractivity contribution in [2.45, 2.75) is 0 Å². The third-order valence-corrected chi connectivity index (χ3v) is 3.35. The molecule has 4 nitrogen and oxygen atoms in total. The Bertz CT molecular complexity index is 790. The van der Waals surface area contributed by atoms with E-state index in [9.17, 15) is 0 Å². The largest absolute Gasteiger partial charge is 0.497 e. The number of aromatic nitrogens is 1. The second kappa shape index (κ2) is 5.71. The third kappa shape index (κ3) is 2.60. The van der Waals surface area contributed by atoms with Crippen LogP contribution in [-0.4, -0.2) is 25.4 Å². The summed E-state index contributed by atoms with van der Waals surface area (Å²) in [4.78, 5) is 7.76. The van der Waals surface area contributed by atoms with E-state index in [1.54, 1.807) is 20.4 Å². The molecule has 1 N–H and O–H groups in total. The van der Waals surface area contributed by atoms with Gasteiger partial charge in [-0.15, -0.1) is 0 Å². The number of para-hydroxylation sites is 1. The first kappa shape index (κ1) is 13.2. The predicted octanol–water partition coefficient (Wildman–Crippen LogP) is 3.94. The van der Waals surface area contributed by atoms with Crippen LogP contribution in [0.2, 0.25) is 0 Å². The van der Waals surface area contributed by atoms with Crippen LogP contribution in [0.15, 0.2) is 53.7 Å². The Morgan fingerprint density at radius 1 is 1.05 bits per heavy atom. The van der Waals surface area contributed by atoms with Crippen LogP contribution in [-0.2, 0) is 0 Å². The number of hydrogen-bond acceptors (Lipinski definition) is 3. The molecule has 0 saturated carbocycles. The fourth-order valence-electron chi connectivity index (χ4n) is 2.23. The van der Waals surface area contributed by atoms with Crippen molar-refractivity contribution in [1.82, 2.24) is 4.98 Å². The number of nitrogens with zero attached hydrogens (tertiary/aromatic N) is 1. The van der Waals surface area contributed by atoms with E-state index in [-0.39, 0.29) is 0 Å². The number of methoxy groups -OCH3 is 2. The number of hydrogen-bond donors (Lipinski definition) is 1. The quantitative estimate of drug-likeness (QED) is 0.736. The van der Waals surface area contributed by atoms with Crippen LogP contribution >= 0.6 is 0 Å². The van der Waals surface area contributed by atoms with Crippen molar-refractivity contribution in [3.63, 3.8) is 0 Å². The molecular weight excluding hydrogens is 264 g/mol. The molecule has 0 atom stereocenters. The molecule has 0 saturated heterocycles. The molecule has 4 heteroatoms. The first-order chi connectivity index (χ1) is 10.3. The smallest absolute Gasteiger partial charge is 0.131 e. The van der Waals surface area contributed by atoms with Gasteiger partial charge >= 0.3 is 0 Å². The molecule has 0 spiro atoms. The lowest BCUT2D eigenvalue weighted by molar-refractivity contribution is 0.394. The predicted molar refractivity (Wildman–Crippen MR) is 85.1 cm³/mol. The molecular formula is C17H16N2O2. The van der Waals surface area contributed by atoms with E-state index in [0.29, 0.717) is 0 Å². The lowest BCUT2D eigenvalue weighted by Crippen LogP contribution is -1.92. The summed E-state index contributed by atoms with van der Waals surface area (Å²) in [5.74, 6) is 1.49. The van der Waals surface area contributed by atoms with Crippen molar-refractivity contribution in [3.8, 4) is 11.5 Å². The van der Waals surface area contributed by atoms with E-state index in [1.807, 2.05) is 48.7 Å². The summed E-state index contributed by atoms with van der Waals surface area (Å²) in [5.41, 5.74) is 2.89. The summed E-state index contributed by atoms with van der Waals surface area (Å²) in [6.07, 6.45) is 3.70. The summed E-state index contributed by atoms with van der Waals surface area (Å²) in [6, 6.07) is 13.7. The standard InChI is InChI=1S/C17H16N2O2/c1-20-13-8-7-12(17(9-13)21-2)10-18-16-11-19-15-6-4-3-5-14(15)16/h3-11,19H,1-2H3. The number of benzene rings is 2. The zero-order valence-electron chi connectivity index (χ0n) is 12.0. The highest BCUT2D eigenvalue weighted by Gasteiger charge is 2.04. The van der Waals surface area contributed by atoms with Gasteiger partial charge in [0.25, 0.3) is 0 Å². The first-order valence-corrected chi connectivity index (χ1v) is 6.64. The molecule has 0 bridgehead atoms. The second-order valence-corrected chi connectivity index (χ2v) is 4.59. The van der Waals surface area contributed by atoms with E-state index in [4.69, 9.17) is 9.47 Å². The fraction of sp³-hybridized carbons (Fsp3) is 0.118. The summed E-state index contributed by atoms with van der Waals surface area (Å²) in [5, 5.41) is 1.10. The Labute approximate surface area is 123 Å². The van der Waals surface area contributed by atoms with Gasteiger partial charge in [-0.3, -0.25) is 4.99 Å². The highest BCUT2D eigenvalue weighted by Crippen LogP contribution is 2.27. The monoisotopic (exact) mass is 280 g/mol. The molecule has 1 aromatic heterocycles. The van der Waals surface area contributed by atoms with Crippen LogP contribution in [0, 0.1) is 0 Å². The van der Waals surface area contributed by atoms with Crippen LogP contribution < -0.4 is 9.47 Å². The average molecular weight is 280 g/mol. The normalized spacial score (nSPS) is 11.1. The fourth-order valence-corrected chi connectivity index (χ4v) is 2.23. The molecule has 0 unspecified atom stereocenters.